The molecule has 0 N–H and O–H groups in total. The topological polar surface area (TPSA) is 35.5 Å². The third kappa shape index (κ3) is 4.10. The lowest BCUT2D eigenvalue weighted by Crippen LogP contribution is -2.38. The van der Waals surface area contributed by atoms with Crippen molar-refractivity contribution >= 4 is 5.78 Å². The van der Waals surface area contributed by atoms with Gasteiger partial charge >= 0.3 is 0 Å². The van der Waals surface area contributed by atoms with Gasteiger partial charge in [0, 0.05) is 5.56 Å². The lowest BCUT2D eigenvalue weighted by Gasteiger charge is -2.35. The second kappa shape index (κ2) is 9.56. The lowest BCUT2D eigenvalue weighted by atomic mass is 9.65. The first-order valence-corrected chi connectivity index (χ1v) is 11.4. The molecule has 3 heteroatoms. The third-order valence-electron chi connectivity index (χ3n) is 6.44. The van der Waals surface area contributed by atoms with Gasteiger partial charge in [0.1, 0.15) is 5.41 Å². The lowest BCUT2D eigenvalue weighted by molar-refractivity contribution is 0.0935. The molecule has 0 amide bonds. The second-order valence-electron chi connectivity index (χ2n) is 8.75. The van der Waals surface area contributed by atoms with Crippen LogP contribution in [-0.4, -0.2) is 20.0 Å². The highest BCUT2D eigenvalue weighted by atomic mass is 16.5. The summed E-state index contributed by atoms with van der Waals surface area (Å²) in [6.07, 6.45) is 0. The number of methoxy groups -OCH3 is 2. The van der Waals surface area contributed by atoms with Crippen molar-refractivity contribution in [2.75, 3.05) is 14.2 Å². The Morgan fingerprint density at radius 3 is 1.41 bits per heavy atom. The van der Waals surface area contributed by atoms with Crippen LogP contribution in [0.3, 0.4) is 0 Å². The van der Waals surface area contributed by atoms with Crippen molar-refractivity contribution in [1.82, 2.24) is 0 Å². The van der Waals surface area contributed by atoms with Gasteiger partial charge in [0.2, 0.25) is 0 Å². The van der Waals surface area contributed by atoms with Crippen LogP contribution in [-0.2, 0) is 5.41 Å². The molecule has 0 radical (unpaired) electrons. The molecule has 0 unspecified atom stereocenters. The Labute approximate surface area is 202 Å². The number of carbonyl (C=O) groups excluding carboxylic acids is 1. The maximum Gasteiger partial charge on any atom is 0.182 e. The standard InChI is InChI=1S/C31H30O3/c1-21-6-12-24(13-7-21)30(32)31(25-14-8-22(2)9-15-25,26-16-10-23(3)11-17-26)27-18-19-28(33-4)29(20-27)34-5/h6-20H,1-5H3. The van der Waals surface area contributed by atoms with Crippen molar-refractivity contribution < 1.29 is 14.3 Å². The molecule has 0 atom stereocenters. The van der Waals surface area contributed by atoms with Crippen LogP contribution in [0.5, 0.6) is 11.5 Å². The SMILES string of the molecule is COc1ccc(C(C(=O)c2ccc(C)cc2)(c2ccc(C)cc2)c2ccc(C)cc2)cc1OC. The number of Topliss-reactive ketones (excluding diaryl/α,β-unsaturated/α-hetero) is 1. The summed E-state index contributed by atoms with van der Waals surface area (Å²) in [6, 6.07) is 30.0. The van der Waals surface area contributed by atoms with Crippen LogP contribution in [0.2, 0.25) is 0 Å². The van der Waals surface area contributed by atoms with Crippen molar-refractivity contribution in [3.05, 3.63) is 130 Å². The Morgan fingerprint density at radius 2 is 0.971 bits per heavy atom. The predicted molar refractivity (Wildman–Crippen MR) is 137 cm³/mol. The number of rotatable bonds is 7. The average Bonchev–Trinajstić information content (AvgIpc) is 2.86. The first-order valence-electron chi connectivity index (χ1n) is 11.4. The van der Waals surface area contributed by atoms with E-state index in [9.17, 15) is 4.79 Å². The number of ketones is 1. The van der Waals surface area contributed by atoms with E-state index >= 15 is 0 Å². The minimum atomic E-state index is -1.07. The molecule has 0 aliphatic rings. The van der Waals surface area contributed by atoms with Crippen LogP contribution >= 0.6 is 0 Å². The summed E-state index contributed by atoms with van der Waals surface area (Å²) < 4.78 is 11.1. The first kappa shape index (κ1) is 23.3. The number of hydrogen-bond acceptors (Lipinski definition) is 3. The van der Waals surface area contributed by atoms with E-state index in [4.69, 9.17) is 9.47 Å². The molecule has 3 nitrogen and oxygen atoms in total. The van der Waals surface area contributed by atoms with E-state index in [1.165, 1.54) is 0 Å². The second-order valence-corrected chi connectivity index (χ2v) is 8.75. The largest absolute Gasteiger partial charge is 0.493 e. The van der Waals surface area contributed by atoms with E-state index in [1.807, 2.05) is 49.4 Å². The molecule has 34 heavy (non-hydrogen) atoms. The van der Waals surface area contributed by atoms with E-state index in [-0.39, 0.29) is 5.78 Å². The summed E-state index contributed by atoms with van der Waals surface area (Å²) in [5.41, 5.74) is 5.59. The molecule has 172 valence electrons. The van der Waals surface area contributed by atoms with Crippen molar-refractivity contribution in [3.63, 3.8) is 0 Å². The van der Waals surface area contributed by atoms with E-state index in [2.05, 4.69) is 62.4 Å². The fraction of sp³-hybridized carbons (Fsp3) is 0.194. The normalized spacial score (nSPS) is 11.2. The maximum atomic E-state index is 14.6. The van der Waals surface area contributed by atoms with Gasteiger partial charge < -0.3 is 9.47 Å². The molecule has 4 rings (SSSR count). The van der Waals surface area contributed by atoms with Crippen LogP contribution in [0.15, 0.2) is 91.0 Å². The summed E-state index contributed by atoms with van der Waals surface area (Å²) in [6.45, 7) is 6.13. The summed E-state index contributed by atoms with van der Waals surface area (Å²) in [4.78, 5) is 14.6. The average molecular weight is 451 g/mol. The molecule has 0 spiro atoms. The Balaban J connectivity index is 2.11. The number of benzene rings is 4. The molecule has 0 aliphatic heterocycles. The summed E-state index contributed by atoms with van der Waals surface area (Å²) in [5, 5.41) is 0. The van der Waals surface area contributed by atoms with Gasteiger partial charge in [-0.05, 0) is 49.6 Å². The van der Waals surface area contributed by atoms with Gasteiger partial charge in [-0.1, -0.05) is 95.6 Å². The Hall–Kier alpha value is -3.85. The predicted octanol–water partition coefficient (Wildman–Crippen LogP) is 6.85. The quantitative estimate of drug-likeness (QED) is 0.228. The Bertz CT molecular complexity index is 1240. The molecule has 4 aromatic carbocycles. The zero-order chi connectivity index (χ0) is 24.3. The van der Waals surface area contributed by atoms with E-state index in [1.54, 1.807) is 14.2 Å². The van der Waals surface area contributed by atoms with Crippen molar-refractivity contribution in [2.45, 2.75) is 26.2 Å². The minimum Gasteiger partial charge on any atom is -0.493 e. The van der Waals surface area contributed by atoms with Crippen molar-refractivity contribution in [2.24, 2.45) is 0 Å². The molecule has 0 heterocycles. The molecular weight excluding hydrogens is 420 g/mol. The highest BCUT2D eigenvalue weighted by Crippen LogP contribution is 2.45. The van der Waals surface area contributed by atoms with Gasteiger partial charge in [0.25, 0.3) is 0 Å². The number of ether oxygens (including phenoxy) is 2. The zero-order valence-corrected chi connectivity index (χ0v) is 20.4. The van der Waals surface area contributed by atoms with Crippen LogP contribution in [0, 0.1) is 20.8 Å². The summed E-state index contributed by atoms with van der Waals surface area (Å²) in [7, 11) is 3.23. The molecule has 0 aliphatic carbocycles. The number of aryl methyl sites for hydroxylation is 3. The summed E-state index contributed by atoms with van der Waals surface area (Å²) in [5.74, 6) is 1.21. The Morgan fingerprint density at radius 1 is 0.559 bits per heavy atom. The third-order valence-corrected chi connectivity index (χ3v) is 6.44. The van der Waals surface area contributed by atoms with Gasteiger partial charge in [-0.15, -0.1) is 0 Å². The number of hydrogen-bond donors (Lipinski definition) is 0. The summed E-state index contributed by atoms with van der Waals surface area (Å²) >= 11 is 0. The van der Waals surface area contributed by atoms with Gasteiger partial charge in [-0.3, -0.25) is 4.79 Å². The monoisotopic (exact) mass is 450 g/mol. The highest BCUT2D eigenvalue weighted by Gasteiger charge is 2.44. The smallest absolute Gasteiger partial charge is 0.182 e. The van der Waals surface area contributed by atoms with Crippen LogP contribution in [0.1, 0.15) is 43.7 Å². The van der Waals surface area contributed by atoms with E-state index in [0.717, 1.165) is 33.4 Å². The molecule has 0 fully saturated rings. The first-order chi connectivity index (χ1) is 16.4. The van der Waals surface area contributed by atoms with Crippen LogP contribution < -0.4 is 9.47 Å². The Kier molecular flexibility index (Phi) is 6.56. The molecular formula is C31H30O3. The fourth-order valence-electron chi connectivity index (χ4n) is 4.49. The van der Waals surface area contributed by atoms with Crippen LogP contribution in [0.25, 0.3) is 0 Å². The fourth-order valence-corrected chi connectivity index (χ4v) is 4.49. The molecule has 4 aromatic rings. The van der Waals surface area contributed by atoms with E-state index < -0.39 is 5.41 Å². The number of carbonyl (C=O) groups is 1. The van der Waals surface area contributed by atoms with Crippen molar-refractivity contribution in [3.8, 4) is 11.5 Å². The molecule has 0 bridgehead atoms. The van der Waals surface area contributed by atoms with Crippen molar-refractivity contribution in [1.29, 1.82) is 0 Å². The van der Waals surface area contributed by atoms with Gasteiger partial charge in [0.15, 0.2) is 17.3 Å². The molecule has 0 saturated heterocycles. The van der Waals surface area contributed by atoms with Gasteiger partial charge in [-0.2, -0.15) is 0 Å². The van der Waals surface area contributed by atoms with Gasteiger partial charge in [-0.25, -0.2) is 0 Å². The minimum absolute atomic E-state index is 0.00688. The molecule has 0 aromatic heterocycles. The van der Waals surface area contributed by atoms with E-state index in [0.29, 0.717) is 17.1 Å². The molecule has 0 saturated carbocycles. The zero-order valence-electron chi connectivity index (χ0n) is 20.4. The highest BCUT2D eigenvalue weighted by molar-refractivity contribution is 6.09. The maximum absolute atomic E-state index is 14.6. The van der Waals surface area contributed by atoms with Crippen LogP contribution in [0.4, 0.5) is 0 Å². The van der Waals surface area contributed by atoms with Gasteiger partial charge in [0.05, 0.1) is 14.2 Å².